The molecule has 0 saturated heterocycles. The predicted molar refractivity (Wildman–Crippen MR) is 98.9 cm³/mol. The fourth-order valence-corrected chi connectivity index (χ4v) is 3.02. The summed E-state index contributed by atoms with van der Waals surface area (Å²) in [7, 11) is 1.60. The normalized spacial score (nSPS) is 11.1. The first-order chi connectivity index (χ1) is 12.0. The number of nitrogens with zero attached hydrogens (tertiary/aromatic N) is 1. The van der Waals surface area contributed by atoms with Crippen molar-refractivity contribution in [3.05, 3.63) is 58.6 Å². The van der Waals surface area contributed by atoms with Gasteiger partial charge >= 0.3 is 0 Å². The Hall–Kier alpha value is -2.86. The number of hydrogen-bond acceptors (Lipinski definition) is 4. The van der Waals surface area contributed by atoms with Gasteiger partial charge in [0, 0.05) is 42.5 Å². The summed E-state index contributed by atoms with van der Waals surface area (Å²) in [5.41, 5.74) is 13.2. The van der Waals surface area contributed by atoms with Crippen LogP contribution in [0.2, 0.25) is 0 Å². The van der Waals surface area contributed by atoms with Crippen LogP contribution in [-0.4, -0.2) is 18.3 Å². The van der Waals surface area contributed by atoms with Crippen LogP contribution >= 0.6 is 0 Å². The zero-order valence-electron chi connectivity index (χ0n) is 14.0. The highest BCUT2D eigenvalue weighted by atomic mass is 19.1. The molecular weight excluding hydrogens is 321 g/mol. The van der Waals surface area contributed by atoms with E-state index in [1.807, 2.05) is 0 Å². The Morgan fingerprint density at radius 2 is 1.88 bits per heavy atom. The second-order valence-electron chi connectivity index (χ2n) is 5.85. The number of nitrogens with two attached hydrogens (primary N) is 2. The maximum absolute atomic E-state index is 14.4. The Morgan fingerprint density at radius 1 is 1.12 bits per heavy atom. The number of aromatic nitrogens is 1. The maximum atomic E-state index is 14.4. The number of hydrogen-bond donors (Lipinski definition) is 2. The zero-order valence-corrected chi connectivity index (χ0v) is 14.0. The molecule has 1 heterocycles. The largest absolute Gasteiger partial charge is 0.399 e. The molecule has 0 bridgehead atoms. The molecule has 1 aromatic heterocycles. The molecule has 0 aliphatic rings. The van der Waals surface area contributed by atoms with E-state index in [0.717, 1.165) is 0 Å². The van der Waals surface area contributed by atoms with Gasteiger partial charge in [-0.25, -0.2) is 4.39 Å². The highest BCUT2D eigenvalue weighted by Gasteiger charge is 2.18. The lowest BCUT2D eigenvalue weighted by Crippen LogP contribution is -2.25. The van der Waals surface area contributed by atoms with Crippen LogP contribution in [0, 0.1) is 5.82 Å². The van der Waals surface area contributed by atoms with Gasteiger partial charge in [-0.15, -0.1) is 0 Å². The molecule has 3 aromatic rings. The van der Waals surface area contributed by atoms with E-state index in [4.69, 9.17) is 16.2 Å². The van der Waals surface area contributed by atoms with Gasteiger partial charge in [0.15, 0.2) is 0 Å². The Labute approximate surface area is 144 Å². The monoisotopic (exact) mass is 341 g/mol. The molecule has 0 spiro atoms. The molecule has 130 valence electrons. The third-order valence-electron chi connectivity index (χ3n) is 4.21. The van der Waals surface area contributed by atoms with Crippen molar-refractivity contribution in [2.45, 2.75) is 13.0 Å². The second kappa shape index (κ2) is 6.94. The molecule has 0 radical (unpaired) electrons. The van der Waals surface area contributed by atoms with Crippen LogP contribution in [0.1, 0.15) is 6.42 Å². The molecule has 4 N–H and O–H groups in total. The highest BCUT2D eigenvalue weighted by molar-refractivity contribution is 6.01. The number of nitrogen functional groups attached to an aromatic ring is 2. The van der Waals surface area contributed by atoms with Gasteiger partial charge in [-0.2, -0.15) is 0 Å². The van der Waals surface area contributed by atoms with Crippen molar-refractivity contribution in [3.8, 4) is 11.1 Å². The van der Waals surface area contributed by atoms with Crippen LogP contribution in [0.5, 0.6) is 0 Å². The molecule has 0 saturated carbocycles. The molecule has 0 aliphatic heterocycles. The number of fused-ring (bicyclic) bond motifs is 1. The van der Waals surface area contributed by atoms with Crippen LogP contribution in [0.4, 0.5) is 15.9 Å². The second-order valence-corrected chi connectivity index (χ2v) is 5.85. The van der Waals surface area contributed by atoms with Crippen molar-refractivity contribution in [2.24, 2.45) is 0 Å². The summed E-state index contributed by atoms with van der Waals surface area (Å²) in [6.45, 7) is 0.876. The number of ether oxygens (including phenoxy) is 1. The third-order valence-corrected chi connectivity index (χ3v) is 4.21. The van der Waals surface area contributed by atoms with Gasteiger partial charge < -0.3 is 16.2 Å². The van der Waals surface area contributed by atoms with Gasteiger partial charge in [0.2, 0.25) is 0 Å². The Morgan fingerprint density at radius 3 is 2.60 bits per heavy atom. The number of halogens is 1. The summed E-state index contributed by atoms with van der Waals surface area (Å²) < 4.78 is 20.9. The fraction of sp³-hybridized carbons (Fsp3) is 0.211. The average molecular weight is 341 g/mol. The van der Waals surface area contributed by atoms with Crippen molar-refractivity contribution < 1.29 is 9.13 Å². The Bertz CT molecular complexity index is 982. The highest BCUT2D eigenvalue weighted by Crippen LogP contribution is 2.34. The lowest BCUT2D eigenvalue weighted by Gasteiger charge is -2.17. The van der Waals surface area contributed by atoms with Gasteiger partial charge in [-0.05, 0) is 30.0 Å². The van der Waals surface area contributed by atoms with E-state index < -0.39 is 5.82 Å². The van der Waals surface area contributed by atoms with E-state index >= 15 is 0 Å². The summed E-state index contributed by atoms with van der Waals surface area (Å²) in [5.74, 6) is -0.155. The Balaban J connectivity index is 2.34. The van der Waals surface area contributed by atoms with Crippen molar-refractivity contribution in [2.75, 3.05) is 25.2 Å². The van der Waals surface area contributed by atoms with Gasteiger partial charge in [0.1, 0.15) is 11.6 Å². The van der Waals surface area contributed by atoms with Gasteiger partial charge in [-0.3, -0.25) is 9.36 Å². The van der Waals surface area contributed by atoms with E-state index in [0.29, 0.717) is 47.2 Å². The molecule has 6 heteroatoms. The number of benzene rings is 2. The van der Waals surface area contributed by atoms with Crippen molar-refractivity contribution in [3.63, 3.8) is 0 Å². The lowest BCUT2D eigenvalue weighted by molar-refractivity contribution is 0.190. The summed E-state index contributed by atoms with van der Waals surface area (Å²) >= 11 is 0. The quantitative estimate of drug-likeness (QED) is 0.552. The van der Waals surface area contributed by atoms with Gasteiger partial charge in [0.05, 0.1) is 0 Å². The minimum Gasteiger partial charge on any atom is -0.399 e. The standard InChI is InChI=1S/C19H20FN3O2/c1-25-10-4-9-23-18(22)17(14-5-2-3-6-16(14)20)13-8-7-12(21)11-15(13)19(23)24/h2-3,5-8,11H,4,9-10,21-22H2,1H3. The first-order valence-corrected chi connectivity index (χ1v) is 8.00. The van der Waals surface area contributed by atoms with Crippen molar-refractivity contribution >= 4 is 22.3 Å². The van der Waals surface area contributed by atoms with Crippen LogP contribution in [0.25, 0.3) is 21.9 Å². The fourth-order valence-electron chi connectivity index (χ4n) is 3.02. The first kappa shape index (κ1) is 17.0. The van der Waals surface area contributed by atoms with E-state index in [-0.39, 0.29) is 11.4 Å². The molecule has 25 heavy (non-hydrogen) atoms. The molecule has 2 aromatic carbocycles. The van der Waals surface area contributed by atoms with Crippen LogP contribution in [0.15, 0.2) is 47.3 Å². The molecule has 5 nitrogen and oxygen atoms in total. The van der Waals surface area contributed by atoms with Crippen LogP contribution < -0.4 is 17.0 Å². The molecule has 0 unspecified atom stereocenters. The van der Waals surface area contributed by atoms with E-state index in [1.165, 1.54) is 10.6 Å². The topological polar surface area (TPSA) is 83.3 Å². The van der Waals surface area contributed by atoms with Crippen molar-refractivity contribution in [1.29, 1.82) is 0 Å². The van der Waals surface area contributed by atoms with Crippen LogP contribution in [0.3, 0.4) is 0 Å². The number of anilines is 2. The molecule has 3 rings (SSSR count). The van der Waals surface area contributed by atoms with Crippen LogP contribution in [-0.2, 0) is 11.3 Å². The first-order valence-electron chi connectivity index (χ1n) is 8.00. The van der Waals surface area contributed by atoms with Gasteiger partial charge in [0.25, 0.3) is 5.56 Å². The molecular formula is C19H20FN3O2. The molecule has 0 aliphatic carbocycles. The van der Waals surface area contributed by atoms with Crippen molar-refractivity contribution in [1.82, 2.24) is 4.57 Å². The minimum atomic E-state index is -0.394. The lowest BCUT2D eigenvalue weighted by atomic mass is 9.98. The average Bonchev–Trinajstić information content (AvgIpc) is 2.60. The predicted octanol–water partition coefficient (Wildman–Crippen LogP) is 3.01. The SMILES string of the molecule is COCCCn1c(N)c(-c2ccccc2F)c2ccc(N)cc2c1=O. The van der Waals surface area contributed by atoms with E-state index in [2.05, 4.69) is 0 Å². The molecule has 0 amide bonds. The summed E-state index contributed by atoms with van der Waals surface area (Å²) in [6.07, 6.45) is 0.616. The van der Waals surface area contributed by atoms with Gasteiger partial charge in [-0.1, -0.05) is 24.3 Å². The number of methoxy groups -OCH3 is 1. The maximum Gasteiger partial charge on any atom is 0.260 e. The van der Waals surface area contributed by atoms with E-state index in [1.54, 1.807) is 43.5 Å². The summed E-state index contributed by atoms with van der Waals surface area (Å²) in [4.78, 5) is 12.9. The molecule has 0 fully saturated rings. The zero-order chi connectivity index (χ0) is 18.0. The summed E-state index contributed by atoms with van der Waals surface area (Å²) in [5, 5.41) is 1.01. The summed E-state index contributed by atoms with van der Waals surface area (Å²) in [6, 6.07) is 11.4. The number of pyridine rings is 1. The third kappa shape index (κ3) is 3.08. The smallest absolute Gasteiger partial charge is 0.260 e. The van der Waals surface area contributed by atoms with E-state index in [9.17, 15) is 9.18 Å². The number of rotatable bonds is 5. The Kier molecular flexibility index (Phi) is 4.72. The minimum absolute atomic E-state index is 0.239. The molecule has 0 atom stereocenters.